The van der Waals surface area contributed by atoms with Crippen molar-refractivity contribution in [3.8, 4) is 0 Å². The van der Waals surface area contributed by atoms with Crippen molar-refractivity contribution in [1.82, 2.24) is 20.2 Å². The maximum Gasteiger partial charge on any atom is 0.315 e. The van der Waals surface area contributed by atoms with Gasteiger partial charge in [-0.25, -0.2) is 9.78 Å². The number of rotatable bonds is 8. The molecule has 0 aromatic carbocycles. The molecule has 1 aromatic rings. The van der Waals surface area contributed by atoms with Crippen LogP contribution in [-0.2, 0) is 18.4 Å². The van der Waals surface area contributed by atoms with Crippen molar-refractivity contribution in [3.05, 3.63) is 18.2 Å². The summed E-state index contributed by atoms with van der Waals surface area (Å²) in [6, 6.07) is -0.308. The zero-order chi connectivity index (χ0) is 15.8. The standard InChI is InChI=1S/C14H24N4O3/c1-10(2)6-11(7-13(19)20)8-16-14(21)17-9-12-15-4-5-18(12)3/h4-5,10-11H,6-9H2,1-3H3,(H,19,20)(H2,16,17,21)/t11-/m0/s1. The van der Waals surface area contributed by atoms with Gasteiger partial charge in [-0.3, -0.25) is 4.79 Å². The van der Waals surface area contributed by atoms with E-state index in [2.05, 4.69) is 15.6 Å². The number of amides is 2. The smallest absolute Gasteiger partial charge is 0.315 e. The zero-order valence-corrected chi connectivity index (χ0v) is 12.8. The predicted octanol–water partition coefficient (Wildman–Crippen LogP) is 1.36. The summed E-state index contributed by atoms with van der Waals surface area (Å²) in [4.78, 5) is 26.6. The minimum absolute atomic E-state index is 0.0542. The van der Waals surface area contributed by atoms with E-state index in [0.717, 1.165) is 12.2 Å². The molecule has 3 N–H and O–H groups in total. The Hall–Kier alpha value is -2.05. The summed E-state index contributed by atoms with van der Waals surface area (Å²) >= 11 is 0. The van der Waals surface area contributed by atoms with Crippen molar-refractivity contribution < 1.29 is 14.7 Å². The van der Waals surface area contributed by atoms with E-state index in [4.69, 9.17) is 5.11 Å². The van der Waals surface area contributed by atoms with Crippen molar-refractivity contribution in [1.29, 1.82) is 0 Å². The first-order valence-corrected chi connectivity index (χ1v) is 7.08. The van der Waals surface area contributed by atoms with Crippen molar-refractivity contribution in [2.75, 3.05) is 6.54 Å². The van der Waals surface area contributed by atoms with Crippen LogP contribution in [0.5, 0.6) is 0 Å². The lowest BCUT2D eigenvalue weighted by atomic mass is 9.94. The predicted molar refractivity (Wildman–Crippen MR) is 78.6 cm³/mol. The molecule has 0 saturated heterocycles. The van der Waals surface area contributed by atoms with Gasteiger partial charge in [0.2, 0.25) is 0 Å². The molecule has 0 radical (unpaired) electrons. The highest BCUT2D eigenvalue weighted by Crippen LogP contribution is 2.14. The van der Waals surface area contributed by atoms with Gasteiger partial charge in [0.1, 0.15) is 5.82 Å². The lowest BCUT2D eigenvalue weighted by Gasteiger charge is -2.18. The number of carbonyl (C=O) groups is 2. The number of carboxylic acid groups (broad SMARTS) is 1. The van der Waals surface area contributed by atoms with Gasteiger partial charge in [-0.1, -0.05) is 13.8 Å². The lowest BCUT2D eigenvalue weighted by molar-refractivity contribution is -0.138. The van der Waals surface area contributed by atoms with Gasteiger partial charge in [-0.15, -0.1) is 0 Å². The molecule has 1 atom stereocenters. The Balaban J connectivity index is 2.35. The summed E-state index contributed by atoms with van der Waals surface area (Å²) in [6.45, 7) is 4.77. The second-order valence-electron chi connectivity index (χ2n) is 5.61. The molecule has 0 aliphatic heterocycles. The van der Waals surface area contributed by atoms with E-state index in [1.807, 2.05) is 25.5 Å². The summed E-state index contributed by atoms with van der Waals surface area (Å²) in [5, 5.41) is 14.3. The monoisotopic (exact) mass is 296 g/mol. The van der Waals surface area contributed by atoms with E-state index < -0.39 is 5.97 Å². The van der Waals surface area contributed by atoms with Gasteiger partial charge in [0.05, 0.1) is 6.54 Å². The first-order chi connectivity index (χ1) is 9.88. The molecule has 2 amide bonds. The Bertz CT molecular complexity index is 471. The number of aromatic nitrogens is 2. The van der Waals surface area contributed by atoms with Crippen molar-refractivity contribution in [3.63, 3.8) is 0 Å². The van der Waals surface area contributed by atoms with Crippen LogP contribution in [0, 0.1) is 11.8 Å². The number of aryl methyl sites for hydroxylation is 1. The Morgan fingerprint density at radius 3 is 2.62 bits per heavy atom. The van der Waals surface area contributed by atoms with Crippen LogP contribution in [0.15, 0.2) is 12.4 Å². The first-order valence-electron chi connectivity index (χ1n) is 7.08. The van der Waals surface area contributed by atoms with Crippen LogP contribution in [0.1, 0.15) is 32.5 Å². The molecule has 0 fully saturated rings. The molecule has 0 saturated carbocycles. The van der Waals surface area contributed by atoms with E-state index in [9.17, 15) is 9.59 Å². The van der Waals surface area contributed by atoms with E-state index in [1.165, 1.54) is 0 Å². The molecule has 7 heteroatoms. The van der Waals surface area contributed by atoms with Crippen molar-refractivity contribution in [2.24, 2.45) is 18.9 Å². The molecule has 7 nitrogen and oxygen atoms in total. The van der Waals surface area contributed by atoms with Crippen LogP contribution >= 0.6 is 0 Å². The molecular formula is C14H24N4O3. The fourth-order valence-electron chi connectivity index (χ4n) is 2.18. The Kier molecular flexibility index (Phi) is 6.71. The Morgan fingerprint density at radius 2 is 2.10 bits per heavy atom. The van der Waals surface area contributed by atoms with Gasteiger partial charge in [0.25, 0.3) is 0 Å². The minimum Gasteiger partial charge on any atom is -0.481 e. The molecule has 1 rings (SSSR count). The summed E-state index contributed by atoms with van der Waals surface area (Å²) in [5.74, 6) is 0.262. The summed E-state index contributed by atoms with van der Waals surface area (Å²) in [5.41, 5.74) is 0. The normalized spacial score (nSPS) is 12.2. The van der Waals surface area contributed by atoms with Gasteiger partial charge >= 0.3 is 12.0 Å². The van der Waals surface area contributed by atoms with Gasteiger partial charge in [0.15, 0.2) is 0 Å². The van der Waals surface area contributed by atoms with Gasteiger partial charge in [0, 0.05) is 32.4 Å². The minimum atomic E-state index is -0.837. The molecule has 0 aliphatic carbocycles. The largest absolute Gasteiger partial charge is 0.481 e. The highest BCUT2D eigenvalue weighted by atomic mass is 16.4. The molecule has 0 unspecified atom stereocenters. The van der Waals surface area contributed by atoms with Crippen LogP contribution in [0.25, 0.3) is 0 Å². The van der Waals surface area contributed by atoms with E-state index >= 15 is 0 Å². The van der Waals surface area contributed by atoms with E-state index in [-0.39, 0.29) is 18.4 Å². The molecule has 1 heterocycles. The summed E-state index contributed by atoms with van der Waals surface area (Å²) < 4.78 is 1.83. The number of nitrogens with zero attached hydrogens (tertiary/aromatic N) is 2. The first kappa shape index (κ1) is 17.0. The number of aliphatic carboxylic acids is 1. The maximum atomic E-state index is 11.7. The van der Waals surface area contributed by atoms with Crippen LogP contribution in [0.3, 0.4) is 0 Å². The van der Waals surface area contributed by atoms with Crippen LogP contribution in [0.2, 0.25) is 0 Å². The number of nitrogens with one attached hydrogen (secondary N) is 2. The van der Waals surface area contributed by atoms with E-state index in [1.54, 1.807) is 12.4 Å². The third-order valence-corrected chi connectivity index (χ3v) is 3.15. The molecule has 1 aromatic heterocycles. The third kappa shape index (κ3) is 6.78. The summed E-state index contributed by atoms with van der Waals surface area (Å²) in [6.07, 6.45) is 4.31. The van der Waals surface area contributed by atoms with Crippen LogP contribution in [-0.4, -0.2) is 33.2 Å². The van der Waals surface area contributed by atoms with Gasteiger partial charge in [-0.2, -0.15) is 0 Å². The third-order valence-electron chi connectivity index (χ3n) is 3.15. The molecule has 0 bridgehead atoms. The fraction of sp³-hybridized carbons (Fsp3) is 0.643. The van der Waals surface area contributed by atoms with Crippen LogP contribution in [0.4, 0.5) is 4.79 Å². The average Bonchev–Trinajstić information content (AvgIpc) is 2.77. The molecule has 0 aliphatic rings. The molecule has 118 valence electrons. The number of hydrogen-bond donors (Lipinski definition) is 3. The highest BCUT2D eigenvalue weighted by Gasteiger charge is 2.16. The van der Waals surface area contributed by atoms with Crippen LogP contribution < -0.4 is 10.6 Å². The van der Waals surface area contributed by atoms with Crippen molar-refractivity contribution in [2.45, 2.75) is 33.2 Å². The molecular weight excluding hydrogens is 272 g/mol. The number of carbonyl (C=O) groups excluding carboxylic acids is 1. The molecule has 0 spiro atoms. The number of hydrogen-bond acceptors (Lipinski definition) is 3. The second kappa shape index (κ2) is 8.28. The quantitative estimate of drug-likeness (QED) is 0.675. The number of carboxylic acids is 1. The second-order valence-corrected chi connectivity index (χ2v) is 5.61. The lowest BCUT2D eigenvalue weighted by Crippen LogP contribution is -2.39. The maximum absolute atomic E-state index is 11.7. The Labute approximate surface area is 124 Å². The number of urea groups is 1. The Morgan fingerprint density at radius 1 is 1.38 bits per heavy atom. The van der Waals surface area contributed by atoms with E-state index in [0.29, 0.717) is 19.0 Å². The van der Waals surface area contributed by atoms with Gasteiger partial charge in [-0.05, 0) is 18.3 Å². The zero-order valence-electron chi connectivity index (χ0n) is 12.8. The van der Waals surface area contributed by atoms with Crippen molar-refractivity contribution >= 4 is 12.0 Å². The number of imidazole rings is 1. The summed E-state index contributed by atoms with van der Waals surface area (Å²) in [7, 11) is 1.85. The highest BCUT2D eigenvalue weighted by molar-refractivity contribution is 5.73. The van der Waals surface area contributed by atoms with Gasteiger partial charge < -0.3 is 20.3 Å². The fourth-order valence-corrected chi connectivity index (χ4v) is 2.18. The molecule has 21 heavy (non-hydrogen) atoms. The topological polar surface area (TPSA) is 96.3 Å². The SMILES string of the molecule is CC(C)C[C@H](CNC(=O)NCc1nccn1C)CC(=O)O. The average molecular weight is 296 g/mol.